The predicted octanol–water partition coefficient (Wildman–Crippen LogP) is 9.52. The molecule has 1 aliphatic carbocycles. The molecule has 4 aromatic rings. The van der Waals surface area contributed by atoms with Crippen LogP contribution in [0.15, 0.2) is 95.6 Å². The monoisotopic (exact) mass is 622 g/mol. The van der Waals surface area contributed by atoms with E-state index in [4.69, 9.17) is 9.97 Å². The number of imidazole rings is 1. The normalized spacial score (nSPS) is 13.8. The van der Waals surface area contributed by atoms with Crippen LogP contribution in [-0.2, 0) is 12.8 Å². The van der Waals surface area contributed by atoms with Gasteiger partial charge in [-0.2, -0.15) is 0 Å². The first kappa shape index (κ1) is 33.0. The second-order valence-corrected chi connectivity index (χ2v) is 12.4. The minimum Gasteiger partial charge on any atom is -0.508 e. The van der Waals surface area contributed by atoms with E-state index in [2.05, 4.69) is 25.2 Å². The number of phenols is 1. The zero-order valence-corrected chi connectivity index (χ0v) is 27.2. The lowest BCUT2D eigenvalue weighted by Crippen LogP contribution is -2.12. The predicted molar refractivity (Wildman–Crippen MR) is 185 cm³/mol. The van der Waals surface area contributed by atoms with Crippen molar-refractivity contribution in [3.05, 3.63) is 113 Å². The van der Waals surface area contributed by atoms with Crippen molar-refractivity contribution in [1.82, 2.24) is 19.7 Å². The van der Waals surface area contributed by atoms with Crippen molar-refractivity contribution in [3.8, 4) is 22.9 Å². The first-order valence-electron chi connectivity index (χ1n) is 16.8. The van der Waals surface area contributed by atoms with Crippen LogP contribution < -0.4 is 5.32 Å². The highest BCUT2D eigenvalue weighted by Crippen LogP contribution is 2.33. The number of nitrogens with zero attached hydrogens (tertiary/aromatic N) is 3. The van der Waals surface area contributed by atoms with E-state index in [-0.39, 0.29) is 17.5 Å². The molecular weight excluding hydrogens is 575 g/mol. The summed E-state index contributed by atoms with van der Waals surface area (Å²) in [6, 6.07) is 16.9. The molecule has 0 bridgehead atoms. The van der Waals surface area contributed by atoms with Gasteiger partial charge in [-0.25, -0.2) is 14.4 Å². The van der Waals surface area contributed by atoms with Crippen LogP contribution in [0.25, 0.3) is 16.9 Å². The number of benzene rings is 2. The van der Waals surface area contributed by atoms with Gasteiger partial charge < -0.3 is 15.5 Å². The third-order valence-corrected chi connectivity index (χ3v) is 8.90. The van der Waals surface area contributed by atoms with E-state index in [0.717, 1.165) is 66.6 Å². The summed E-state index contributed by atoms with van der Waals surface area (Å²) < 4.78 is 16.9. The fraction of sp³-hybridized carbons (Fsp3) is 0.385. The number of nitrogens with one attached hydrogen (secondary N) is 1. The minimum atomic E-state index is -0.116. The number of halogens is 1. The highest BCUT2D eigenvalue weighted by molar-refractivity contribution is 5.64. The molecule has 2 aromatic heterocycles. The van der Waals surface area contributed by atoms with Crippen molar-refractivity contribution in [3.63, 3.8) is 0 Å². The first-order valence-corrected chi connectivity index (χ1v) is 16.8. The summed E-state index contributed by atoms with van der Waals surface area (Å²) in [6.45, 7) is 5.20. The number of aromatic hydroxyl groups is 2. The van der Waals surface area contributed by atoms with Crippen molar-refractivity contribution < 1.29 is 14.6 Å². The van der Waals surface area contributed by atoms with E-state index in [9.17, 15) is 10.2 Å². The molecule has 0 spiro atoms. The van der Waals surface area contributed by atoms with Gasteiger partial charge in [0.15, 0.2) is 5.65 Å². The minimum absolute atomic E-state index is 0.0481. The summed E-state index contributed by atoms with van der Waals surface area (Å²) in [6.07, 6.45) is 17.1. The molecule has 6 nitrogen and oxygen atoms in total. The number of fused-ring (bicyclic) bond motifs is 1. The van der Waals surface area contributed by atoms with E-state index in [0.29, 0.717) is 29.9 Å². The van der Waals surface area contributed by atoms with Gasteiger partial charge in [-0.15, -0.1) is 0 Å². The summed E-state index contributed by atoms with van der Waals surface area (Å²) in [7, 11) is 0. The van der Waals surface area contributed by atoms with Gasteiger partial charge in [0.2, 0.25) is 5.88 Å². The van der Waals surface area contributed by atoms with Crippen molar-refractivity contribution in [2.75, 3.05) is 6.54 Å². The lowest BCUT2D eigenvalue weighted by Gasteiger charge is -2.16. The first-order chi connectivity index (χ1) is 22.4. The molecule has 0 saturated heterocycles. The standard InChI is InChI=1S/C39H47FN4O2/c1-3-28(2)41-23-13-8-6-4-5-7-12-16-31-18-17-30(24-34(31)40)26-36-39(46)44-27-37(32-19-21-33(45)22-20-32)42-35(38(44)43-36)25-29-14-10-9-11-15-29/h3,9-11,14-15,19-22,24,27,41,45-46H,4-8,12-13,16-18,23,25-26H2,1-2H3/b28-3+. The molecule has 5 rings (SSSR count). The molecule has 7 heteroatoms. The van der Waals surface area contributed by atoms with Crippen LogP contribution in [0.1, 0.15) is 95.0 Å². The van der Waals surface area contributed by atoms with Gasteiger partial charge in [-0.05, 0) is 87.4 Å². The molecule has 0 fully saturated rings. The Morgan fingerprint density at radius 1 is 0.870 bits per heavy atom. The summed E-state index contributed by atoms with van der Waals surface area (Å²) in [4.78, 5) is 9.76. The van der Waals surface area contributed by atoms with E-state index in [1.54, 1.807) is 40.9 Å². The van der Waals surface area contributed by atoms with Gasteiger partial charge in [-0.3, -0.25) is 4.40 Å². The van der Waals surface area contributed by atoms with Crippen molar-refractivity contribution in [2.24, 2.45) is 0 Å². The Hall–Kier alpha value is -4.39. The molecule has 242 valence electrons. The average Bonchev–Trinajstić information content (AvgIpc) is 3.38. The molecule has 0 saturated carbocycles. The summed E-state index contributed by atoms with van der Waals surface area (Å²) in [5, 5.41) is 24.5. The summed E-state index contributed by atoms with van der Waals surface area (Å²) >= 11 is 0. The number of hydrogen-bond donors (Lipinski definition) is 3. The lowest BCUT2D eigenvalue weighted by molar-refractivity contribution is 0.441. The Balaban J connectivity index is 1.21. The number of hydrogen-bond acceptors (Lipinski definition) is 5. The van der Waals surface area contributed by atoms with E-state index >= 15 is 4.39 Å². The number of unbranched alkanes of at least 4 members (excludes halogenated alkanes) is 6. The van der Waals surface area contributed by atoms with Crippen LogP contribution in [0, 0.1) is 0 Å². The molecule has 0 radical (unpaired) electrons. The van der Waals surface area contributed by atoms with Gasteiger partial charge in [-0.1, -0.05) is 74.1 Å². The number of phenolic OH excluding ortho intramolecular Hbond substituents is 1. The average molecular weight is 623 g/mol. The topological polar surface area (TPSA) is 82.7 Å². The van der Waals surface area contributed by atoms with Crippen molar-refractivity contribution in [1.29, 1.82) is 0 Å². The van der Waals surface area contributed by atoms with Gasteiger partial charge in [0.1, 0.15) is 17.3 Å². The van der Waals surface area contributed by atoms with E-state index < -0.39 is 0 Å². The Morgan fingerprint density at radius 2 is 1.59 bits per heavy atom. The third kappa shape index (κ3) is 8.87. The van der Waals surface area contributed by atoms with Crippen LogP contribution >= 0.6 is 0 Å². The van der Waals surface area contributed by atoms with Crippen LogP contribution in [0.5, 0.6) is 11.6 Å². The van der Waals surface area contributed by atoms with E-state index in [1.165, 1.54) is 37.8 Å². The van der Waals surface area contributed by atoms with Gasteiger partial charge in [0.25, 0.3) is 0 Å². The lowest BCUT2D eigenvalue weighted by atomic mass is 9.91. The van der Waals surface area contributed by atoms with Crippen LogP contribution in [0.2, 0.25) is 0 Å². The van der Waals surface area contributed by atoms with Crippen LogP contribution in [0.4, 0.5) is 4.39 Å². The third-order valence-electron chi connectivity index (χ3n) is 8.90. The molecule has 0 atom stereocenters. The smallest absolute Gasteiger partial charge is 0.219 e. The Kier molecular flexibility index (Phi) is 11.7. The highest BCUT2D eigenvalue weighted by Gasteiger charge is 2.21. The fourth-order valence-electron chi connectivity index (χ4n) is 6.06. The van der Waals surface area contributed by atoms with Crippen molar-refractivity contribution >= 4 is 5.65 Å². The Labute approximate surface area is 272 Å². The number of aromatic nitrogens is 3. The Bertz CT molecular complexity index is 1690. The largest absolute Gasteiger partial charge is 0.508 e. The second kappa shape index (κ2) is 16.3. The molecule has 0 aliphatic heterocycles. The maximum absolute atomic E-state index is 15.2. The zero-order valence-electron chi connectivity index (χ0n) is 27.2. The quantitative estimate of drug-likeness (QED) is 0.108. The van der Waals surface area contributed by atoms with E-state index in [1.807, 2.05) is 30.3 Å². The van der Waals surface area contributed by atoms with Gasteiger partial charge in [0, 0.05) is 36.8 Å². The molecule has 3 N–H and O–H groups in total. The maximum Gasteiger partial charge on any atom is 0.219 e. The molecule has 2 aromatic carbocycles. The maximum atomic E-state index is 15.2. The molecule has 0 unspecified atom stereocenters. The van der Waals surface area contributed by atoms with Crippen LogP contribution in [-0.4, -0.2) is 31.1 Å². The zero-order chi connectivity index (χ0) is 32.3. The fourth-order valence-corrected chi connectivity index (χ4v) is 6.06. The van der Waals surface area contributed by atoms with Crippen LogP contribution in [0.3, 0.4) is 0 Å². The molecular formula is C39H47FN4O2. The molecule has 0 amide bonds. The Morgan fingerprint density at radius 3 is 2.30 bits per heavy atom. The number of rotatable bonds is 16. The van der Waals surface area contributed by atoms with Gasteiger partial charge in [0.05, 0.1) is 11.4 Å². The highest BCUT2D eigenvalue weighted by atomic mass is 19.1. The molecule has 2 heterocycles. The molecule has 46 heavy (non-hydrogen) atoms. The molecule has 1 aliphatic rings. The van der Waals surface area contributed by atoms with Crippen molar-refractivity contribution in [2.45, 2.75) is 90.9 Å². The van der Waals surface area contributed by atoms with Gasteiger partial charge >= 0.3 is 0 Å². The summed E-state index contributed by atoms with van der Waals surface area (Å²) in [5.74, 6) is 0.110. The number of allylic oxidation sites excluding steroid dienone is 6. The second-order valence-electron chi connectivity index (χ2n) is 12.4. The SMILES string of the molecule is C/C=C(\C)NCCCCCCCCCC1=C(F)C=C(Cc2nc3c(Cc4ccccc4)nc(-c4ccc(O)cc4)cn3c2O)CC1. The summed E-state index contributed by atoms with van der Waals surface area (Å²) in [5.41, 5.74) is 7.52.